The Balaban J connectivity index is 0.00000841. The van der Waals surface area contributed by atoms with E-state index in [1.54, 1.807) is 14.2 Å². The summed E-state index contributed by atoms with van der Waals surface area (Å²) in [4.78, 5) is 18.9. The predicted molar refractivity (Wildman–Crippen MR) is 134 cm³/mol. The highest BCUT2D eigenvalue weighted by molar-refractivity contribution is 14.0. The van der Waals surface area contributed by atoms with E-state index in [0.717, 1.165) is 12.1 Å². The minimum absolute atomic E-state index is 0. The summed E-state index contributed by atoms with van der Waals surface area (Å²) in [5, 5.41) is 6.25. The van der Waals surface area contributed by atoms with Crippen molar-refractivity contribution in [1.82, 2.24) is 15.5 Å². The standard InChI is InChI=1S/C22H38N4O3.HI/c1-10-23-20(26(7)14-19(27)25-21(2,3)4)24-15-22(5,6)16-11-12-17(28-8)18(13-16)29-9;/h11-13H,10,14-15H2,1-9H3,(H,23,24)(H,25,27);1H. The number of amides is 1. The van der Waals surface area contributed by atoms with Gasteiger partial charge in [0.2, 0.25) is 5.91 Å². The molecule has 0 radical (unpaired) electrons. The number of rotatable bonds is 8. The molecule has 30 heavy (non-hydrogen) atoms. The Hall–Kier alpha value is -1.71. The molecule has 0 heterocycles. The number of methoxy groups -OCH3 is 2. The van der Waals surface area contributed by atoms with Crippen molar-refractivity contribution in [3.8, 4) is 11.5 Å². The van der Waals surface area contributed by atoms with Gasteiger partial charge in [0.05, 0.1) is 27.3 Å². The molecule has 2 N–H and O–H groups in total. The molecule has 1 aromatic carbocycles. The van der Waals surface area contributed by atoms with E-state index in [4.69, 9.17) is 14.5 Å². The zero-order valence-electron chi connectivity index (χ0n) is 19.9. The van der Waals surface area contributed by atoms with E-state index < -0.39 is 0 Å². The lowest BCUT2D eigenvalue weighted by Crippen LogP contribution is -2.49. The molecule has 1 aromatic rings. The number of nitrogens with one attached hydrogen (secondary N) is 2. The summed E-state index contributed by atoms with van der Waals surface area (Å²) in [6.07, 6.45) is 0. The number of hydrogen-bond donors (Lipinski definition) is 2. The largest absolute Gasteiger partial charge is 0.493 e. The molecule has 0 fully saturated rings. The number of carbonyl (C=O) groups excluding carboxylic acids is 1. The molecular weight excluding hydrogens is 495 g/mol. The van der Waals surface area contributed by atoms with Crippen molar-refractivity contribution in [1.29, 1.82) is 0 Å². The van der Waals surface area contributed by atoms with E-state index in [2.05, 4.69) is 24.5 Å². The van der Waals surface area contributed by atoms with Crippen LogP contribution in [0.2, 0.25) is 0 Å². The Bertz CT molecular complexity index is 715. The van der Waals surface area contributed by atoms with Gasteiger partial charge in [-0.25, -0.2) is 0 Å². The number of nitrogens with zero attached hydrogens (tertiary/aromatic N) is 2. The molecule has 1 rings (SSSR count). The van der Waals surface area contributed by atoms with Crippen LogP contribution in [0.15, 0.2) is 23.2 Å². The molecule has 0 aromatic heterocycles. The van der Waals surface area contributed by atoms with Gasteiger partial charge in [-0.2, -0.15) is 0 Å². The summed E-state index contributed by atoms with van der Waals surface area (Å²) in [6, 6.07) is 5.93. The zero-order valence-corrected chi connectivity index (χ0v) is 22.2. The molecule has 0 saturated heterocycles. The molecule has 1 amide bonds. The Morgan fingerprint density at radius 1 is 1.10 bits per heavy atom. The van der Waals surface area contributed by atoms with Crippen molar-refractivity contribution in [3.63, 3.8) is 0 Å². The number of guanidine groups is 1. The van der Waals surface area contributed by atoms with Crippen LogP contribution in [0.1, 0.15) is 47.1 Å². The molecule has 8 heteroatoms. The number of carbonyl (C=O) groups is 1. The van der Waals surface area contributed by atoms with Crippen LogP contribution in [-0.2, 0) is 10.2 Å². The van der Waals surface area contributed by atoms with Gasteiger partial charge in [0.15, 0.2) is 17.5 Å². The summed E-state index contributed by atoms with van der Waals surface area (Å²) in [5.41, 5.74) is 0.611. The molecule has 0 aliphatic rings. The van der Waals surface area contributed by atoms with Gasteiger partial charge in [-0.1, -0.05) is 19.9 Å². The van der Waals surface area contributed by atoms with Gasteiger partial charge >= 0.3 is 0 Å². The number of aliphatic imine (C=N–C) groups is 1. The first-order valence-electron chi connectivity index (χ1n) is 9.96. The highest BCUT2D eigenvalue weighted by Crippen LogP contribution is 2.33. The van der Waals surface area contributed by atoms with Crippen molar-refractivity contribution in [2.75, 3.05) is 40.9 Å². The second kappa shape index (κ2) is 12.2. The maximum Gasteiger partial charge on any atom is 0.240 e. The number of ether oxygens (including phenoxy) is 2. The minimum Gasteiger partial charge on any atom is -0.493 e. The maximum atomic E-state index is 12.3. The predicted octanol–water partition coefficient (Wildman–Crippen LogP) is 3.41. The average molecular weight is 534 g/mol. The molecule has 0 unspecified atom stereocenters. The summed E-state index contributed by atoms with van der Waals surface area (Å²) >= 11 is 0. The summed E-state index contributed by atoms with van der Waals surface area (Å²) in [6.45, 7) is 13.7. The molecule has 0 bridgehead atoms. The molecule has 0 atom stereocenters. The molecule has 0 aliphatic carbocycles. The van der Waals surface area contributed by atoms with Gasteiger partial charge in [0, 0.05) is 24.5 Å². The lowest BCUT2D eigenvalue weighted by molar-refractivity contribution is -0.122. The third-order valence-electron chi connectivity index (χ3n) is 4.38. The van der Waals surface area contributed by atoms with Gasteiger partial charge in [0.1, 0.15) is 0 Å². The van der Waals surface area contributed by atoms with Gasteiger partial charge in [-0.3, -0.25) is 9.79 Å². The quantitative estimate of drug-likeness (QED) is 0.304. The van der Waals surface area contributed by atoms with Crippen molar-refractivity contribution in [3.05, 3.63) is 23.8 Å². The lowest BCUT2D eigenvalue weighted by atomic mass is 9.84. The summed E-state index contributed by atoms with van der Waals surface area (Å²) in [7, 11) is 5.13. The fourth-order valence-electron chi connectivity index (χ4n) is 2.84. The van der Waals surface area contributed by atoms with Gasteiger partial charge in [0.25, 0.3) is 0 Å². The fraction of sp³-hybridized carbons (Fsp3) is 0.636. The number of benzene rings is 1. The van der Waals surface area contributed by atoms with Gasteiger partial charge in [-0.15, -0.1) is 24.0 Å². The zero-order chi connectivity index (χ0) is 22.2. The Labute approximate surface area is 199 Å². The van der Waals surface area contributed by atoms with Crippen molar-refractivity contribution < 1.29 is 14.3 Å². The van der Waals surface area contributed by atoms with Crippen molar-refractivity contribution in [2.45, 2.75) is 52.5 Å². The fourth-order valence-corrected chi connectivity index (χ4v) is 2.84. The van der Waals surface area contributed by atoms with Crippen LogP contribution in [0.4, 0.5) is 0 Å². The van der Waals surface area contributed by atoms with Crippen LogP contribution in [0.5, 0.6) is 11.5 Å². The average Bonchev–Trinajstić information content (AvgIpc) is 2.62. The third kappa shape index (κ3) is 8.97. The van der Waals surface area contributed by atoms with E-state index >= 15 is 0 Å². The molecule has 7 nitrogen and oxygen atoms in total. The lowest BCUT2D eigenvalue weighted by Gasteiger charge is -2.28. The molecular formula is C22H39IN4O3. The monoisotopic (exact) mass is 534 g/mol. The number of halogens is 1. The summed E-state index contributed by atoms with van der Waals surface area (Å²) < 4.78 is 10.8. The first-order chi connectivity index (χ1) is 13.4. The normalized spacial score (nSPS) is 12.0. The highest BCUT2D eigenvalue weighted by atomic mass is 127. The number of likely N-dealkylation sites (N-methyl/N-ethyl adjacent to an activating group) is 1. The molecule has 0 aliphatic heterocycles. The van der Waals surface area contributed by atoms with Crippen LogP contribution < -0.4 is 20.1 Å². The third-order valence-corrected chi connectivity index (χ3v) is 4.38. The van der Waals surface area contributed by atoms with Crippen LogP contribution in [-0.4, -0.2) is 63.2 Å². The molecule has 0 saturated carbocycles. The highest BCUT2D eigenvalue weighted by Gasteiger charge is 2.23. The Morgan fingerprint density at radius 2 is 1.70 bits per heavy atom. The smallest absolute Gasteiger partial charge is 0.240 e. The Kier molecular flexibility index (Phi) is 11.5. The van der Waals surface area contributed by atoms with E-state index in [-0.39, 0.29) is 47.4 Å². The summed E-state index contributed by atoms with van der Waals surface area (Å²) in [5.74, 6) is 2.06. The SMILES string of the molecule is CCNC(=NCC(C)(C)c1ccc(OC)c(OC)c1)N(C)CC(=O)NC(C)(C)C.I. The first kappa shape index (κ1) is 28.3. The van der Waals surface area contributed by atoms with E-state index in [9.17, 15) is 4.79 Å². The number of hydrogen-bond acceptors (Lipinski definition) is 4. The van der Waals surface area contributed by atoms with Crippen molar-refractivity contribution in [2.24, 2.45) is 4.99 Å². The maximum absolute atomic E-state index is 12.3. The first-order valence-corrected chi connectivity index (χ1v) is 9.96. The van der Waals surface area contributed by atoms with Crippen LogP contribution in [0.3, 0.4) is 0 Å². The van der Waals surface area contributed by atoms with Crippen molar-refractivity contribution >= 4 is 35.8 Å². The van der Waals surface area contributed by atoms with E-state index in [1.165, 1.54) is 0 Å². The molecule has 172 valence electrons. The van der Waals surface area contributed by atoms with Crippen LogP contribution in [0.25, 0.3) is 0 Å². The van der Waals surface area contributed by atoms with E-state index in [0.29, 0.717) is 24.0 Å². The second-order valence-electron chi connectivity index (χ2n) is 8.78. The molecule has 0 spiro atoms. The van der Waals surface area contributed by atoms with Crippen LogP contribution in [0, 0.1) is 0 Å². The van der Waals surface area contributed by atoms with Gasteiger partial charge in [-0.05, 0) is 45.4 Å². The second-order valence-corrected chi connectivity index (χ2v) is 8.78. The Morgan fingerprint density at radius 3 is 2.20 bits per heavy atom. The topological polar surface area (TPSA) is 75.2 Å². The minimum atomic E-state index is -0.261. The van der Waals surface area contributed by atoms with E-state index in [1.807, 2.05) is 57.8 Å². The van der Waals surface area contributed by atoms with Gasteiger partial charge < -0.3 is 25.0 Å². The van der Waals surface area contributed by atoms with Crippen LogP contribution >= 0.6 is 24.0 Å².